The standard InChI is InChI=1S/C44H84O3Si3/c1-32(22-20-23-33(2)45-48(14,15)41(4,5)6)37-27-28-38-36(24-21-29-44(37,38)13)26-25-35-30-39(46-49(16,17)42(7,8)9)34(3)40(31-35)47-50(18,19)43(10,11)12/h25-26,32-33,37-40H,3,20-24,27-31H2,1-2,4-19H3/t32-,33+,37+,38-,39+,40+,44+/m0/s1. The van der Waals surface area contributed by atoms with Gasteiger partial charge in [-0.05, 0) is 141 Å². The number of hydrogen-bond donors (Lipinski definition) is 0. The maximum atomic E-state index is 7.13. The van der Waals surface area contributed by atoms with Gasteiger partial charge in [-0.15, -0.1) is 0 Å². The fourth-order valence-electron chi connectivity index (χ4n) is 8.57. The lowest BCUT2D eigenvalue weighted by molar-refractivity contribution is 0.0910. The van der Waals surface area contributed by atoms with Crippen LogP contribution in [0.2, 0.25) is 54.4 Å². The van der Waals surface area contributed by atoms with Crippen molar-refractivity contribution in [1.82, 2.24) is 0 Å². The molecule has 50 heavy (non-hydrogen) atoms. The first kappa shape index (κ1) is 44.1. The van der Waals surface area contributed by atoms with E-state index in [0.29, 0.717) is 11.5 Å². The van der Waals surface area contributed by atoms with E-state index >= 15 is 0 Å². The minimum absolute atomic E-state index is 0.0346. The summed E-state index contributed by atoms with van der Waals surface area (Å²) in [7, 11) is -5.66. The van der Waals surface area contributed by atoms with Crippen LogP contribution >= 0.6 is 0 Å². The summed E-state index contributed by atoms with van der Waals surface area (Å²) in [5, 5.41) is 0.591. The van der Waals surface area contributed by atoms with E-state index in [1.165, 1.54) is 62.5 Å². The van der Waals surface area contributed by atoms with Gasteiger partial charge in [0.1, 0.15) is 0 Å². The van der Waals surface area contributed by atoms with Crippen LogP contribution < -0.4 is 0 Å². The first-order valence-corrected chi connectivity index (χ1v) is 29.4. The fraction of sp³-hybridized carbons (Fsp3) is 0.864. The molecule has 290 valence electrons. The van der Waals surface area contributed by atoms with Crippen molar-refractivity contribution in [3.63, 3.8) is 0 Å². The quantitative estimate of drug-likeness (QED) is 0.147. The zero-order valence-electron chi connectivity index (χ0n) is 36.6. The minimum Gasteiger partial charge on any atom is -0.414 e. The number of rotatable bonds is 12. The van der Waals surface area contributed by atoms with E-state index in [9.17, 15) is 0 Å². The summed E-state index contributed by atoms with van der Waals surface area (Å²) in [4.78, 5) is 0. The topological polar surface area (TPSA) is 27.7 Å². The van der Waals surface area contributed by atoms with Gasteiger partial charge in [-0.3, -0.25) is 0 Å². The van der Waals surface area contributed by atoms with E-state index in [1.54, 1.807) is 5.57 Å². The van der Waals surface area contributed by atoms with Crippen molar-refractivity contribution >= 4 is 25.0 Å². The molecule has 0 bridgehead atoms. The highest BCUT2D eigenvalue weighted by Crippen LogP contribution is 2.60. The highest BCUT2D eigenvalue weighted by Gasteiger charge is 2.51. The molecule has 0 unspecified atom stereocenters. The average molecular weight is 745 g/mol. The molecule has 0 aromatic carbocycles. The van der Waals surface area contributed by atoms with Crippen molar-refractivity contribution in [1.29, 1.82) is 0 Å². The third-order valence-corrected chi connectivity index (χ3v) is 28.6. The first-order chi connectivity index (χ1) is 22.5. The van der Waals surface area contributed by atoms with E-state index in [1.807, 2.05) is 0 Å². The molecular weight excluding hydrogens is 661 g/mol. The third-order valence-electron chi connectivity index (χ3n) is 15.0. The molecule has 3 saturated carbocycles. The van der Waals surface area contributed by atoms with Crippen LogP contribution in [0, 0.1) is 23.2 Å². The molecule has 0 radical (unpaired) electrons. The smallest absolute Gasteiger partial charge is 0.192 e. The second-order valence-electron chi connectivity index (χ2n) is 22.0. The Morgan fingerprint density at radius 1 is 0.760 bits per heavy atom. The van der Waals surface area contributed by atoms with Crippen LogP contribution in [-0.2, 0) is 13.3 Å². The maximum Gasteiger partial charge on any atom is 0.192 e. The lowest BCUT2D eigenvalue weighted by Crippen LogP contribution is -2.49. The molecule has 0 spiro atoms. The predicted octanol–water partition coefficient (Wildman–Crippen LogP) is 14.4. The van der Waals surface area contributed by atoms with Gasteiger partial charge in [0.2, 0.25) is 0 Å². The summed E-state index contributed by atoms with van der Waals surface area (Å²) in [6, 6.07) is 0. The SMILES string of the molecule is C=C1[C@H](O[Si](C)(C)C(C)(C)C)CC(=CC=C2CCC[C@]3(C)[C@@H]([C@@H](C)CCC[C@@H](C)O[Si](C)(C)C(C)(C)C)CC[C@@H]23)C[C@H]1O[Si](C)(C)C(C)(C)C. The van der Waals surface area contributed by atoms with Gasteiger partial charge in [0.15, 0.2) is 25.0 Å². The number of allylic oxidation sites excluding steroid dienone is 3. The lowest BCUT2D eigenvalue weighted by atomic mass is 9.60. The molecule has 6 heteroatoms. The summed E-state index contributed by atoms with van der Waals surface area (Å²) in [6.45, 7) is 47.6. The summed E-state index contributed by atoms with van der Waals surface area (Å²) in [5.41, 5.74) is 4.80. The fourth-order valence-corrected chi connectivity index (χ4v) is 12.6. The van der Waals surface area contributed by atoms with Crippen LogP contribution in [0.1, 0.15) is 147 Å². The molecule has 0 N–H and O–H groups in total. The monoisotopic (exact) mass is 745 g/mol. The molecule has 7 atom stereocenters. The second kappa shape index (κ2) is 15.8. The van der Waals surface area contributed by atoms with E-state index < -0.39 is 25.0 Å². The molecule has 0 aliphatic heterocycles. The van der Waals surface area contributed by atoms with Crippen molar-refractivity contribution in [3.8, 4) is 0 Å². The largest absolute Gasteiger partial charge is 0.414 e. The molecule has 0 amide bonds. The molecule has 0 aromatic heterocycles. The summed E-state index contributed by atoms with van der Waals surface area (Å²) in [5.74, 6) is 2.32. The van der Waals surface area contributed by atoms with E-state index in [4.69, 9.17) is 13.3 Å². The van der Waals surface area contributed by atoms with Gasteiger partial charge < -0.3 is 13.3 Å². The molecule has 0 heterocycles. The highest BCUT2D eigenvalue weighted by molar-refractivity contribution is 6.75. The molecule has 0 saturated heterocycles. The molecule has 3 aliphatic rings. The van der Waals surface area contributed by atoms with Crippen molar-refractivity contribution < 1.29 is 13.3 Å². The maximum absolute atomic E-state index is 7.13. The van der Waals surface area contributed by atoms with Crippen molar-refractivity contribution in [2.24, 2.45) is 23.2 Å². The lowest BCUT2D eigenvalue weighted by Gasteiger charge is -2.46. The van der Waals surface area contributed by atoms with Crippen LogP contribution in [0.25, 0.3) is 0 Å². The van der Waals surface area contributed by atoms with Gasteiger partial charge in [0.05, 0.1) is 12.2 Å². The Morgan fingerprint density at radius 2 is 1.26 bits per heavy atom. The Balaban J connectivity index is 1.77. The average Bonchev–Trinajstić information content (AvgIpc) is 3.29. The van der Waals surface area contributed by atoms with Crippen LogP contribution in [0.4, 0.5) is 0 Å². The summed E-state index contributed by atoms with van der Waals surface area (Å²) >= 11 is 0. The van der Waals surface area contributed by atoms with Crippen molar-refractivity contribution in [2.75, 3.05) is 0 Å². The zero-order chi connectivity index (χ0) is 38.3. The van der Waals surface area contributed by atoms with Crippen LogP contribution in [-0.4, -0.2) is 43.3 Å². The molecule has 3 nitrogen and oxygen atoms in total. The van der Waals surface area contributed by atoms with Gasteiger partial charge >= 0.3 is 0 Å². The molecular formula is C44H84O3Si3. The minimum atomic E-state index is -1.98. The Labute approximate surface area is 315 Å². The Hall–Kier alpha value is -0.249. The van der Waals surface area contributed by atoms with Crippen LogP contribution in [0.3, 0.4) is 0 Å². The van der Waals surface area contributed by atoms with Gasteiger partial charge in [0, 0.05) is 6.10 Å². The third kappa shape index (κ3) is 10.3. The van der Waals surface area contributed by atoms with E-state index in [2.05, 4.69) is 141 Å². The summed E-state index contributed by atoms with van der Waals surface area (Å²) < 4.78 is 21.0. The Kier molecular flexibility index (Phi) is 14.0. The van der Waals surface area contributed by atoms with E-state index in [-0.39, 0.29) is 27.3 Å². The Morgan fingerprint density at radius 3 is 1.74 bits per heavy atom. The zero-order valence-corrected chi connectivity index (χ0v) is 39.6. The molecule has 3 rings (SSSR count). The predicted molar refractivity (Wildman–Crippen MR) is 228 cm³/mol. The van der Waals surface area contributed by atoms with Gasteiger partial charge in [0.25, 0.3) is 0 Å². The molecule has 3 aliphatic carbocycles. The van der Waals surface area contributed by atoms with Crippen molar-refractivity contribution in [2.45, 2.75) is 220 Å². The molecule has 0 aromatic rings. The number of fused-ring (bicyclic) bond motifs is 1. The van der Waals surface area contributed by atoms with Gasteiger partial charge in [-0.25, -0.2) is 0 Å². The summed E-state index contributed by atoms with van der Waals surface area (Å²) in [6.07, 6.45) is 17.9. The highest BCUT2D eigenvalue weighted by atomic mass is 28.4. The second-order valence-corrected chi connectivity index (χ2v) is 36.2. The Bertz CT molecular complexity index is 1180. The van der Waals surface area contributed by atoms with Crippen LogP contribution in [0.15, 0.2) is 35.5 Å². The van der Waals surface area contributed by atoms with Gasteiger partial charge in [-0.2, -0.15) is 0 Å². The van der Waals surface area contributed by atoms with E-state index in [0.717, 1.165) is 30.6 Å². The first-order valence-electron chi connectivity index (χ1n) is 20.6. The van der Waals surface area contributed by atoms with Crippen LogP contribution in [0.5, 0.6) is 0 Å². The van der Waals surface area contributed by atoms with Crippen molar-refractivity contribution in [3.05, 3.63) is 35.5 Å². The van der Waals surface area contributed by atoms with Gasteiger partial charge in [-0.1, -0.05) is 119 Å². The normalized spacial score (nSPS) is 29.7. The number of hydrogen-bond acceptors (Lipinski definition) is 3. The molecule has 3 fully saturated rings.